The van der Waals surface area contributed by atoms with Gasteiger partial charge in [-0.1, -0.05) is 16.8 Å². The van der Waals surface area contributed by atoms with E-state index in [9.17, 15) is 8.78 Å². The van der Waals surface area contributed by atoms with Crippen molar-refractivity contribution in [2.24, 2.45) is 0 Å². The van der Waals surface area contributed by atoms with E-state index < -0.39 is 11.3 Å². The molecule has 0 aromatic carbocycles. The van der Waals surface area contributed by atoms with Crippen LogP contribution in [-0.2, 0) is 10.9 Å². The number of anilines is 1. The van der Waals surface area contributed by atoms with Crippen LogP contribution in [0.4, 0.5) is 14.7 Å². The predicted molar refractivity (Wildman–Crippen MR) is 88.9 cm³/mol. The lowest BCUT2D eigenvalue weighted by Crippen LogP contribution is -2.21. The standard InChI is InChI=1S/C15H10Cl2F2N6O/c16-9-1-2-10(20-7-9)14(3-4-14)24-13-21-5-8(6-22-13)11-23-12(26-25-11)15(17,18)19/h1-2,5-7H,3-4H2,(H,21,22,24). The highest BCUT2D eigenvalue weighted by Gasteiger charge is 2.46. The van der Waals surface area contributed by atoms with Crippen LogP contribution in [0.5, 0.6) is 0 Å². The predicted octanol–water partition coefficient (Wildman–Crippen LogP) is 3.96. The van der Waals surface area contributed by atoms with Gasteiger partial charge in [0.15, 0.2) is 0 Å². The van der Waals surface area contributed by atoms with E-state index in [1.807, 2.05) is 6.07 Å². The molecule has 0 bridgehead atoms. The summed E-state index contributed by atoms with van der Waals surface area (Å²) in [6, 6.07) is 3.62. The van der Waals surface area contributed by atoms with Gasteiger partial charge in [0.05, 0.1) is 21.8 Å². The number of rotatable bonds is 5. The molecule has 1 saturated carbocycles. The number of nitrogens with one attached hydrogen (secondary N) is 1. The molecule has 0 saturated heterocycles. The second-order valence-corrected chi connectivity index (χ2v) is 6.70. The number of hydrogen-bond donors (Lipinski definition) is 1. The highest BCUT2D eigenvalue weighted by Crippen LogP contribution is 2.47. The van der Waals surface area contributed by atoms with Crippen LogP contribution in [0.2, 0.25) is 5.02 Å². The number of pyridine rings is 1. The Labute approximate surface area is 155 Å². The molecule has 3 aromatic heterocycles. The van der Waals surface area contributed by atoms with Crippen LogP contribution in [0, 0.1) is 0 Å². The van der Waals surface area contributed by atoms with Gasteiger partial charge in [-0.3, -0.25) is 4.98 Å². The van der Waals surface area contributed by atoms with Gasteiger partial charge in [0.25, 0.3) is 0 Å². The number of halogens is 4. The number of hydrogen-bond acceptors (Lipinski definition) is 7. The quantitative estimate of drug-likeness (QED) is 0.650. The van der Waals surface area contributed by atoms with Crippen LogP contribution < -0.4 is 5.32 Å². The third-order valence-corrected chi connectivity index (χ3v) is 4.28. The maximum atomic E-state index is 12.9. The summed E-state index contributed by atoms with van der Waals surface area (Å²) in [6.07, 6.45) is 6.16. The number of nitrogens with zero attached hydrogens (tertiary/aromatic N) is 5. The van der Waals surface area contributed by atoms with Gasteiger partial charge in [-0.05, 0) is 36.6 Å². The number of alkyl halides is 3. The largest absolute Gasteiger partial charge is 0.400 e. The maximum absolute atomic E-state index is 12.9. The Bertz CT molecular complexity index is 923. The molecule has 1 N–H and O–H groups in total. The fraction of sp³-hybridized carbons (Fsp3) is 0.267. The first-order chi connectivity index (χ1) is 12.4. The second kappa shape index (κ2) is 6.10. The fourth-order valence-electron chi connectivity index (χ4n) is 2.41. The van der Waals surface area contributed by atoms with Crippen molar-refractivity contribution < 1.29 is 13.3 Å². The van der Waals surface area contributed by atoms with E-state index in [0.717, 1.165) is 18.5 Å². The maximum Gasteiger partial charge on any atom is 0.400 e. The lowest BCUT2D eigenvalue weighted by molar-refractivity contribution is 0.0551. The third kappa shape index (κ3) is 3.32. The minimum absolute atomic E-state index is 0.0765. The molecule has 0 aliphatic heterocycles. The zero-order valence-electron chi connectivity index (χ0n) is 13.0. The zero-order valence-corrected chi connectivity index (χ0v) is 14.5. The Morgan fingerprint density at radius 3 is 2.38 bits per heavy atom. The zero-order chi connectivity index (χ0) is 18.4. The molecule has 0 spiro atoms. The molecule has 0 radical (unpaired) electrons. The van der Waals surface area contributed by atoms with Gasteiger partial charge < -0.3 is 9.84 Å². The lowest BCUT2D eigenvalue weighted by Gasteiger charge is -2.16. The second-order valence-electron chi connectivity index (χ2n) is 5.79. The molecule has 134 valence electrons. The van der Waals surface area contributed by atoms with Gasteiger partial charge in [0.1, 0.15) is 0 Å². The molecule has 3 heterocycles. The van der Waals surface area contributed by atoms with Crippen LogP contribution >= 0.6 is 23.2 Å². The summed E-state index contributed by atoms with van der Waals surface area (Å²) < 4.78 is 30.3. The summed E-state index contributed by atoms with van der Waals surface area (Å²) in [4.78, 5) is 16.2. The average molecular weight is 399 g/mol. The van der Waals surface area contributed by atoms with Gasteiger partial charge in [-0.2, -0.15) is 13.8 Å². The van der Waals surface area contributed by atoms with Gasteiger partial charge >= 0.3 is 11.3 Å². The highest BCUT2D eigenvalue weighted by atomic mass is 35.5. The van der Waals surface area contributed by atoms with Crippen LogP contribution in [0.25, 0.3) is 11.4 Å². The molecule has 26 heavy (non-hydrogen) atoms. The minimum Gasteiger partial charge on any atom is -0.343 e. The summed E-state index contributed by atoms with van der Waals surface area (Å²) in [6.45, 7) is 0. The summed E-state index contributed by atoms with van der Waals surface area (Å²) in [5.41, 5.74) is 0.842. The highest BCUT2D eigenvalue weighted by molar-refractivity contribution is 6.30. The molecule has 0 atom stereocenters. The van der Waals surface area contributed by atoms with Gasteiger partial charge in [-0.25, -0.2) is 9.97 Å². The van der Waals surface area contributed by atoms with Crippen molar-refractivity contribution in [3.05, 3.63) is 47.3 Å². The van der Waals surface area contributed by atoms with Crippen LogP contribution in [0.1, 0.15) is 24.4 Å². The summed E-state index contributed by atoms with van der Waals surface area (Å²) in [7, 11) is 0. The van der Waals surface area contributed by atoms with E-state index in [-0.39, 0.29) is 11.4 Å². The third-order valence-electron chi connectivity index (χ3n) is 3.90. The molecule has 3 aromatic rings. The molecule has 1 aliphatic carbocycles. The SMILES string of the molecule is FC(F)(Cl)c1nc(-c2cnc(NC3(c4ccc(Cl)cn4)CC3)nc2)no1. The van der Waals surface area contributed by atoms with Crippen molar-refractivity contribution in [1.82, 2.24) is 25.1 Å². The molecular weight excluding hydrogens is 389 g/mol. The van der Waals surface area contributed by atoms with E-state index in [1.54, 1.807) is 12.3 Å². The van der Waals surface area contributed by atoms with Crippen LogP contribution in [0.3, 0.4) is 0 Å². The first kappa shape index (κ1) is 17.0. The van der Waals surface area contributed by atoms with E-state index in [1.165, 1.54) is 12.4 Å². The molecule has 1 aliphatic rings. The Balaban J connectivity index is 1.51. The Morgan fingerprint density at radius 2 is 1.85 bits per heavy atom. The van der Waals surface area contributed by atoms with Crippen molar-refractivity contribution in [2.45, 2.75) is 23.8 Å². The van der Waals surface area contributed by atoms with Crippen molar-refractivity contribution >= 4 is 29.2 Å². The van der Waals surface area contributed by atoms with E-state index in [2.05, 4.69) is 34.9 Å². The van der Waals surface area contributed by atoms with Gasteiger partial charge in [0, 0.05) is 18.6 Å². The Morgan fingerprint density at radius 1 is 1.12 bits per heavy atom. The molecule has 11 heteroatoms. The average Bonchev–Trinajstić information content (AvgIpc) is 3.19. The first-order valence-electron chi connectivity index (χ1n) is 7.49. The smallest absolute Gasteiger partial charge is 0.343 e. The van der Waals surface area contributed by atoms with Crippen molar-refractivity contribution in [3.63, 3.8) is 0 Å². The monoisotopic (exact) mass is 398 g/mol. The molecular formula is C15H10Cl2F2N6O. The summed E-state index contributed by atoms with van der Waals surface area (Å²) in [5, 5.41) is 3.53. The molecule has 4 rings (SSSR count). The van der Waals surface area contributed by atoms with Crippen molar-refractivity contribution in [2.75, 3.05) is 5.32 Å². The van der Waals surface area contributed by atoms with Crippen molar-refractivity contribution in [3.8, 4) is 11.4 Å². The Hall–Kier alpha value is -2.39. The lowest BCUT2D eigenvalue weighted by atomic mass is 10.1. The molecule has 7 nitrogen and oxygen atoms in total. The molecule has 1 fully saturated rings. The van der Waals surface area contributed by atoms with E-state index in [4.69, 9.17) is 23.2 Å². The van der Waals surface area contributed by atoms with Gasteiger partial charge in [0.2, 0.25) is 11.8 Å². The molecule has 0 amide bonds. The topological polar surface area (TPSA) is 89.6 Å². The number of aromatic nitrogens is 5. The van der Waals surface area contributed by atoms with Gasteiger partial charge in [-0.15, -0.1) is 0 Å². The van der Waals surface area contributed by atoms with E-state index in [0.29, 0.717) is 16.5 Å². The van der Waals surface area contributed by atoms with Crippen LogP contribution in [-0.4, -0.2) is 25.1 Å². The van der Waals surface area contributed by atoms with Crippen LogP contribution in [0.15, 0.2) is 35.2 Å². The fourth-order valence-corrected chi connectivity index (χ4v) is 2.60. The van der Waals surface area contributed by atoms with Crippen molar-refractivity contribution in [1.29, 1.82) is 0 Å². The minimum atomic E-state index is -3.72. The molecule has 0 unspecified atom stereocenters. The Kier molecular flexibility index (Phi) is 4.00. The summed E-state index contributed by atoms with van der Waals surface area (Å²) >= 11 is 10.7. The first-order valence-corrected chi connectivity index (χ1v) is 8.25. The summed E-state index contributed by atoms with van der Waals surface area (Å²) in [5.74, 6) is -0.691. The normalized spacial score (nSPS) is 15.7. The van der Waals surface area contributed by atoms with E-state index >= 15 is 0 Å².